The standard InChI is InChI=1S/C17H22O2/c1-5-14-15-11(3)8-7-9-13(15)10-17(6-2,12(4)18)16(14)19/h7-9,14H,5-6,10H2,1-4H3. The number of carbonyl (C=O) groups is 2. The van der Waals surface area contributed by atoms with Crippen LogP contribution in [-0.2, 0) is 16.0 Å². The molecule has 19 heavy (non-hydrogen) atoms. The van der Waals surface area contributed by atoms with Crippen molar-refractivity contribution in [3.8, 4) is 0 Å². The second kappa shape index (κ2) is 4.92. The molecule has 2 heteroatoms. The molecule has 2 nitrogen and oxygen atoms in total. The largest absolute Gasteiger partial charge is 0.299 e. The third-order valence-corrected chi connectivity index (χ3v) is 4.73. The summed E-state index contributed by atoms with van der Waals surface area (Å²) in [7, 11) is 0. The van der Waals surface area contributed by atoms with E-state index in [4.69, 9.17) is 0 Å². The molecule has 0 radical (unpaired) electrons. The van der Waals surface area contributed by atoms with E-state index in [-0.39, 0.29) is 17.5 Å². The lowest BCUT2D eigenvalue weighted by Gasteiger charge is -2.39. The van der Waals surface area contributed by atoms with Gasteiger partial charge >= 0.3 is 0 Å². The average molecular weight is 258 g/mol. The molecule has 0 fully saturated rings. The normalized spacial score (nSPS) is 26.1. The smallest absolute Gasteiger partial charge is 0.154 e. The van der Waals surface area contributed by atoms with Gasteiger partial charge in [-0.1, -0.05) is 32.0 Å². The highest BCUT2D eigenvalue weighted by Crippen LogP contribution is 2.44. The van der Waals surface area contributed by atoms with Crippen molar-refractivity contribution in [1.29, 1.82) is 0 Å². The van der Waals surface area contributed by atoms with Gasteiger partial charge in [0.2, 0.25) is 0 Å². The molecule has 0 heterocycles. The molecule has 0 aromatic heterocycles. The molecule has 1 aliphatic carbocycles. The number of benzene rings is 1. The van der Waals surface area contributed by atoms with E-state index in [1.165, 1.54) is 16.7 Å². The van der Waals surface area contributed by atoms with Crippen LogP contribution in [0.25, 0.3) is 0 Å². The summed E-state index contributed by atoms with van der Waals surface area (Å²) in [5.74, 6) is 0.0335. The Balaban J connectivity index is 2.65. The molecule has 0 saturated carbocycles. The predicted octanol–water partition coefficient (Wildman–Crippen LogP) is 3.60. The quantitative estimate of drug-likeness (QED) is 0.776. The molecule has 2 rings (SSSR count). The predicted molar refractivity (Wildman–Crippen MR) is 76.3 cm³/mol. The van der Waals surface area contributed by atoms with E-state index in [2.05, 4.69) is 19.1 Å². The SMILES string of the molecule is CCC1C(=O)C(CC)(C(C)=O)Cc2cccc(C)c21. The summed E-state index contributed by atoms with van der Waals surface area (Å²) in [6, 6.07) is 6.16. The van der Waals surface area contributed by atoms with Crippen LogP contribution < -0.4 is 0 Å². The second-order valence-corrected chi connectivity index (χ2v) is 5.64. The van der Waals surface area contributed by atoms with Gasteiger partial charge in [0.25, 0.3) is 0 Å². The number of rotatable bonds is 3. The van der Waals surface area contributed by atoms with Crippen LogP contribution in [0.3, 0.4) is 0 Å². The molecular formula is C17H22O2. The van der Waals surface area contributed by atoms with Crippen molar-refractivity contribution in [1.82, 2.24) is 0 Å². The van der Waals surface area contributed by atoms with E-state index in [0.717, 1.165) is 6.42 Å². The zero-order chi connectivity index (χ0) is 14.2. The maximum atomic E-state index is 12.8. The first kappa shape index (κ1) is 14.0. The maximum Gasteiger partial charge on any atom is 0.154 e. The molecule has 0 spiro atoms. The maximum absolute atomic E-state index is 12.8. The van der Waals surface area contributed by atoms with Crippen LogP contribution in [0.5, 0.6) is 0 Å². The van der Waals surface area contributed by atoms with Crippen molar-refractivity contribution < 1.29 is 9.59 Å². The highest BCUT2D eigenvalue weighted by Gasteiger charge is 2.48. The monoisotopic (exact) mass is 258 g/mol. The molecule has 1 aromatic rings. The molecule has 0 bridgehead atoms. The number of aryl methyl sites for hydroxylation is 1. The van der Waals surface area contributed by atoms with Gasteiger partial charge in [-0.15, -0.1) is 0 Å². The summed E-state index contributed by atoms with van der Waals surface area (Å²) in [5.41, 5.74) is 2.73. The Morgan fingerprint density at radius 3 is 2.58 bits per heavy atom. The Morgan fingerprint density at radius 2 is 2.05 bits per heavy atom. The van der Waals surface area contributed by atoms with E-state index in [0.29, 0.717) is 12.8 Å². The summed E-state index contributed by atoms with van der Waals surface area (Å²) in [6.45, 7) is 7.61. The van der Waals surface area contributed by atoms with Crippen LogP contribution in [0.1, 0.15) is 56.2 Å². The lowest BCUT2D eigenvalue weighted by atomic mass is 9.61. The number of hydrogen-bond donors (Lipinski definition) is 0. The van der Waals surface area contributed by atoms with Gasteiger partial charge in [0.1, 0.15) is 5.78 Å². The highest BCUT2D eigenvalue weighted by atomic mass is 16.2. The lowest BCUT2D eigenvalue weighted by molar-refractivity contribution is -0.141. The molecule has 0 aliphatic heterocycles. The zero-order valence-electron chi connectivity index (χ0n) is 12.2. The summed E-state index contributed by atoms with van der Waals surface area (Å²) in [5, 5.41) is 0. The fraction of sp³-hybridized carbons (Fsp3) is 0.529. The first-order valence-corrected chi connectivity index (χ1v) is 7.11. The van der Waals surface area contributed by atoms with E-state index in [1.54, 1.807) is 6.92 Å². The third kappa shape index (κ3) is 1.94. The number of carbonyl (C=O) groups excluding carboxylic acids is 2. The van der Waals surface area contributed by atoms with Crippen LogP contribution in [0, 0.1) is 12.3 Å². The summed E-state index contributed by atoms with van der Waals surface area (Å²) < 4.78 is 0. The lowest BCUT2D eigenvalue weighted by Crippen LogP contribution is -2.46. The van der Waals surface area contributed by atoms with Gasteiger partial charge in [0.15, 0.2) is 5.78 Å². The topological polar surface area (TPSA) is 34.1 Å². The van der Waals surface area contributed by atoms with Crippen molar-refractivity contribution >= 4 is 11.6 Å². The first-order valence-electron chi connectivity index (χ1n) is 7.11. The summed E-state index contributed by atoms with van der Waals surface area (Å²) in [4.78, 5) is 24.9. The molecule has 2 atom stereocenters. The fourth-order valence-corrected chi connectivity index (χ4v) is 3.51. The van der Waals surface area contributed by atoms with E-state index in [1.807, 2.05) is 19.9 Å². The highest BCUT2D eigenvalue weighted by molar-refractivity contribution is 6.10. The molecule has 0 N–H and O–H groups in total. The van der Waals surface area contributed by atoms with Crippen LogP contribution in [0.2, 0.25) is 0 Å². The molecular weight excluding hydrogens is 236 g/mol. The average Bonchev–Trinajstić information content (AvgIpc) is 2.38. The van der Waals surface area contributed by atoms with Crippen molar-refractivity contribution in [2.45, 2.75) is 52.9 Å². The molecule has 1 aromatic carbocycles. The fourth-order valence-electron chi connectivity index (χ4n) is 3.51. The third-order valence-electron chi connectivity index (χ3n) is 4.73. The molecule has 2 unspecified atom stereocenters. The first-order chi connectivity index (χ1) is 8.97. The Hall–Kier alpha value is -1.44. The summed E-state index contributed by atoms with van der Waals surface area (Å²) in [6.07, 6.45) is 1.95. The van der Waals surface area contributed by atoms with Gasteiger partial charge < -0.3 is 0 Å². The van der Waals surface area contributed by atoms with Crippen molar-refractivity contribution in [3.05, 3.63) is 34.9 Å². The van der Waals surface area contributed by atoms with Crippen LogP contribution in [0.15, 0.2) is 18.2 Å². The van der Waals surface area contributed by atoms with Crippen molar-refractivity contribution in [2.75, 3.05) is 0 Å². The van der Waals surface area contributed by atoms with Gasteiger partial charge in [-0.2, -0.15) is 0 Å². The van der Waals surface area contributed by atoms with Crippen molar-refractivity contribution in [2.24, 2.45) is 5.41 Å². The van der Waals surface area contributed by atoms with Gasteiger partial charge in [0.05, 0.1) is 5.41 Å². The van der Waals surface area contributed by atoms with Crippen LogP contribution in [0.4, 0.5) is 0 Å². The van der Waals surface area contributed by atoms with Gasteiger partial charge in [-0.25, -0.2) is 0 Å². The molecule has 102 valence electrons. The van der Waals surface area contributed by atoms with E-state index in [9.17, 15) is 9.59 Å². The van der Waals surface area contributed by atoms with Crippen LogP contribution in [-0.4, -0.2) is 11.6 Å². The Bertz CT molecular complexity index is 530. The Kier molecular flexibility index (Phi) is 3.62. The van der Waals surface area contributed by atoms with Gasteiger partial charge in [-0.05, 0) is 49.8 Å². The number of Topliss-reactive ketones (excluding diaryl/α,β-unsaturated/α-hetero) is 2. The second-order valence-electron chi connectivity index (χ2n) is 5.64. The minimum atomic E-state index is -0.790. The minimum Gasteiger partial charge on any atom is -0.299 e. The van der Waals surface area contributed by atoms with Gasteiger partial charge in [0, 0.05) is 5.92 Å². The number of hydrogen-bond acceptors (Lipinski definition) is 2. The molecule has 0 amide bonds. The van der Waals surface area contributed by atoms with E-state index < -0.39 is 5.41 Å². The molecule has 0 saturated heterocycles. The Labute approximate surface area is 115 Å². The summed E-state index contributed by atoms with van der Waals surface area (Å²) >= 11 is 0. The van der Waals surface area contributed by atoms with Gasteiger partial charge in [-0.3, -0.25) is 9.59 Å². The number of fused-ring (bicyclic) bond motifs is 1. The molecule has 1 aliphatic rings. The number of ketones is 2. The van der Waals surface area contributed by atoms with Crippen LogP contribution >= 0.6 is 0 Å². The van der Waals surface area contributed by atoms with Crippen molar-refractivity contribution in [3.63, 3.8) is 0 Å². The Morgan fingerprint density at radius 1 is 1.37 bits per heavy atom. The van der Waals surface area contributed by atoms with E-state index >= 15 is 0 Å². The minimum absolute atomic E-state index is 0.0191. The zero-order valence-corrected chi connectivity index (χ0v) is 12.2.